The van der Waals surface area contributed by atoms with Crippen molar-refractivity contribution in [1.82, 2.24) is 4.57 Å². The Morgan fingerprint density at radius 1 is 1.03 bits per heavy atom. The van der Waals surface area contributed by atoms with Crippen LogP contribution in [-0.4, -0.2) is 21.6 Å². The molecule has 0 spiro atoms. The number of nitrogens with one attached hydrogen (secondary N) is 1. The fraction of sp³-hybridized carbons (Fsp3) is 0.0741. The van der Waals surface area contributed by atoms with Crippen LogP contribution in [-0.2, 0) is 22.7 Å². The number of carbonyl (C=O) groups excluding carboxylic acids is 1. The summed E-state index contributed by atoms with van der Waals surface area (Å²) in [6, 6.07) is 25.8. The van der Waals surface area contributed by atoms with Crippen LogP contribution in [0.3, 0.4) is 0 Å². The van der Waals surface area contributed by atoms with E-state index in [0.717, 1.165) is 10.9 Å². The van der Waals surface area contributed by atoms with Crippen molar-refractivity contribution in [2.24, 2.45) is 0 Å². The van der Waals surface area contributed by atoms with Crippen LogP contribution in [0.4, 0.5) is 5.69 Å². The highest BCUT2D eigenvalue weighted by Gasteiger charge is 2.14. The number of carbonyl (C=O) groups is 2. The molecule has 0 saturated carbocycles. The van der Waals surface area contributed by atoms with Gasteiger partial charge in [-0.3, -0.25) is 9.59 Å². The molecule has 1 heterocycles. The molecule has 0 unspecified atom stereocenters. The number of carboxylic acids is 1. The highest BCUT2D eigenvalue weighted by Crippen LogP contribution is 2.24. The second kappa shape index (κ2) is 10.2. The van der Waals surface area contributed by atoms with Gasteiger partial charge in [-0.25, -0.2) is 0 Å². The lowest BCUT2D eigenvalue weighted by molar-refractivity contribution is -0.137. The molecule has 0 aliphatic rings. The molecule has 7 nitrogen and oxygen atoms in total. The predicted molar refractivity (Wildman–Crippen MR) is 129 cm³/mol. The summed E-state index contributed by atoms with van der Waals surface area (Å²) in [6.45, 7) is 0.167. The van der Waals surface area contributed by atoms with Crippen molar-refractivity contribution in [2.45, 2.75) is 13.2 Å². The fourth-order valence-corrected chi connectivity index (χ4v) is 3.57. The predicted octanol–water partition coefficient (Wildman–Crippen LogP) is 4.85. The Hall–Kier alpha value is -4.83. The first-order valence-corrected chi connectivity index (χ1v) is 10.5. The van der Waals surface area contributed by atoms with Crippen molar-refractivity contribution < 1.29 is 19.4 Å². The summed E-state index contributed by atoms with van der Waals surface area (Å²) in [4.78, 5) is 24.0. The molecule has 3 aromatic carbocycles. The van der Waals surface area contributed by atoms with Gasteiger partial charge in [0.05, 0.1) is 0 Å². The van der Waals surface area contributed by atoms with Gasteiger partial charge in [-0.2, -0.15) is 5.26 Å². The Bertz CT molecular complexity index is 1410. The lowest BCUT2D eigenvalue weighted by Gasteiger charge is -2.09. The molecule has 0 fully saturated rings. The van der Waals surface area contributed by atoms with E-state index in [1.54, 1.807) is 47.2 Å². The zero-order valence-corrected chi connectivity index (χ0v) is 18.1. The Labute approximate surface area is 196 Å². The summed E-state index contributed by atoms with van der Waals surface area (Å²) >= 11 is 0. The third kappa shape index (κ3) is 5.31. The van der Waals surface area contributed by atoms with Gasteiger partial charge in [0.15, 0.2) is 0 Å². The van der Waals surface area contributed by atoms with E-state index in [9.17, 15) is 20.0 Å². The number of carboxylic acid groups (broad SMARTS) is 1. The maximum Gasteiger partial charge on any atom is 0.323 e. The molecule has 1 amide bonds. The van der Waals surface area contributed by atoms with Gasteiger partial charge in [-0.05, 0) is 29.8 Å². The van der Waals surface area contributed by atoms with E-state index in [-0.39, 0.29) is 12.1 Å². The molecule has 4 rings (SSSR count). The molecule has 34 heavy (non-hydrogen) atoms. The quantitative estimate of drug-likeness (QED) is 0.294. The lowest BCUT2D eigenvalue weighted by Crippen LogP contribution is -2.13. The van der Waals surface area contributed by atoms with Gasteiger partial charge in [0.1, 0.15) is 30.5 Å². The number of nitrogens with zero attached hydrogens (tertiary/aromatic N) is 2. The first kappa shape index (κ1) is 22.4. The summed E-state index contributed by atoms with van der Waals surface area (Å²) in [5.41, 5.74) is 2.70. The molecule has 0 radical (unpaired) electrons. The molecular formula is C27H21N3O4. The number of benzene rings is 3. The van der Waals surface area contributed by atoms with Crippen LogP contribution in [0.2, 0.25) is 0 Å². The molecule has 0 bridgehead atoms. The van der Waals surface area contributed by atoms with Gasteiger partial charge in [-0.1, -0.05) is 54.6 Å². The summed E-state index contributed by atoms with van der Waals surface area (Å²) in [7, 11) is 0. The Kier molecular flexibility index (Phi) is 6.70. The van der Waals surface area contributed by atoms with Gasteiger partial charge in [0, 0.05) is 34.4 Å². The van der Waals surface area contributed by atoms with Crippen molar-refractivity contribution in [3.63, 3.8) is 0 Å². The first-order valence-electron chi connectivity index (χ1n) is 10.5. The van der Waals surface area contributed by atoms with E-state index in [0.29, 0.717) is 29.1 Å². The zero-order valence-electron chi connectivity index (χ0n) is 18.1. The number of amides is 1. The number of fused-ring (bicyclic) bond motifs is 1. The standard InChI is InChI=1S/C27H21N3O4/c28-15-20(13-21-16-30(17-26(31)32)25-12-5-4-11-24(21)25)27(33)29-22-9-6-10-23(14-22)34-18-19-7-2-1-3-8-19/h1-14,16H,17-18H2,(H,29,33)(H,31,32)/b20-13+. The second-order valence-corrected chi connectivity index (χ2v) is 7.55. The van der Waals surface area contributed by atoms with E-state index in [1.807, 2.05) is 48.5 Å². The van der Waals surface area contributed by atoms with E-state index in [4.69, 9.17) is 4.74 Å². The van der Waals surface area contributed by atoms with E-state index in [1.165, 1.54) is 6.08 Å². The molecule has 0 atom stereocenters. The van der Waals surface area contributed by atoms with Crippen molar-refractivity contribution in [1.29, 1.82) is 5.26 Å². The zero-order chi connectivity index (χ0) is 23.9. The third-order valence-corrected chi connectivity index (χ3v) is 5.13. The van der Waals surface area contributed by atoms with Gasteiger partial charge >= 0.3 is 5.97 Å². The normalized spacial score (nSPS) is 11.1. The van der Waals surface area contributed by atoms with Crippen molar-refractivity contribution in [3.8, 4) is 11.8 Å². The monoisotopic (exact) mass is 451 g/mol. The fourth-order valence-electron chi connectivity index (χ4n) is 3.57. The number of hydrogen-bond acceptors (Lipinski definition) is 4. The number of rotatable bonds is 8. The Morgan fingerprint density at radius 2 is 1.79 bits per heavy atom. The number of nitriles is 1. The molecule has 7 heteroatoms. The number of hydrogen-bond donors (Lipinski definition) is 2. The first-order chi connectivity index (χ1) is 16.5. The summed E-state index contributed by atoms with van der Waals surface area (Å²) in [5, 5.41) is 22.3. The van der Waals surface area contributed by atoms with Gasteiger partial charge < -0.3 is 19.7 Å². The highest BCUT2D eigenvalue weighted by molar-refractivity contribution is 6.10. The van der Waals surface area contributed by atoms with Crippen molar-refractivity contribution in [3.05, 3.63) is 102 Å². The topological polar surface area (TPSA) is 104 Å². The number of ether oxygens (including phenoxy) is 1. The second-order valence-electron chi connectivity index (χ2n) is 7.55. The van der Waals surface area contributed by atoms with Crippen LogP contribution in [0.5, 0.6) is 5.75 Å². The van der Waals surface area contributed by atoms with Crippen LogP contribution >= 0.6 is 0 Å². The number of para-hydroxylation sites is 1. The number of anilines is 1. The van der Waals surface area contributed by atoms with Gasteiger partial charge in [-0.15, -0.1) is 0 Å². The van der Waals surface area contributed by atoms with Crippen LogP contribution < -0.4 is 10.1 Å². The van der Waals surface area contributed by atoms with Crippen LogP contribution in [0.1, 0.15) is 11.1 Å². The van der Waals surface area contributed by atoms with Crippen LogP contribution in [0, 0.1) is 11.3 Å². The molecule has 0 aliphatic heterocycles. The number of aromatic nitrogens is 1. The molecule has 168 valence electrons. The minimum Gasteiger partial charge on any atom is -0.489 e. The van der Waals surface area contributed by atoms with Crippen molar-refractivity contribution >= 4 is 34.5 Å². The van der Waals surface area contributed by atoms with E-state index < -0.39 is 11.9 Å². The average Bonchev–Trinajstić information content (AvgIpc) is 3.18. The largest absolute Gasteiger partial charge is 0.489 e. The van der Waals surface area contributed by atoms with E-state index >= 15 is 0 Å². The molecule has 4 aromatic rings. The van der Waals surface area contributed by atoms with Crippen LogP contribution in [0.15, 0.2) is 90.6 Å². The third-order valence-electron chi connectivity index (χ3n) is 5.13. The Balaban J connectivity index is 1.53. The smallest absolute Gasteiger partial charge is 0.323 e. The SMILES string of the molecule is N#C/C(=C\c1cn(CC(=O)O)c2ccccc12)C(=O)Nc1cccc(OCc2ccccc2)c1. The minimum atomic E-state index is -0.983. The lowest BCUT2D eigenvalue weighted by atomic mass is 10.1. The van der Waals surface area contributed by atoms with E-state index in [2.05, 4.69) is 5.32 Å². The number of aliphatic carboxylic acids is 1. The average molecular weight is 451 g/mol. The molecule has 0 saturated heterocycles. The molecule has 2 N–H and O–H groups in total. The molecule has 1 aromatic heterocycles. The van der Waals surface area contributed by atoms with Gasteiger partial charge in [0.2, 0.25) is 0 Å². The van der Waals surface area contributed by atoms with Crippen molar-refractivity contribution in [2.75, 3.05) is 5.32 Å². The highest BCUT2D eigenvalue weighted by atomic mass is 16.5. The minimum absolute atomic E-state index is 0.103. The van der Waals surface area contributed by atoms with Gasteiger partial charge in [0.25, 0.3) is 5.91 Å². The molecule has 0 aliphatic carbocycles. The summed E-state index contributed by atoms with van der Waals surface area (Å²) in [6.07, 6.45) is 3.09. The Morgan fingerprint density at radius 3 is 2.56 bits per heavy atom. The maximum absolute atomic E-state index is 12.8. The summed E-state index contributed by atoms with van der Waals surface area (Å²) < 4.78 is 7.37. The molecular weight excluding hydrogens is 430 g/mol. The summed E-state index contributed by atoms with van der Waals surface area (Å²) in [5.74, 6) is -0.970. The maximum atomic E-state index is 12.8. The van der Waals surface area contributed by atoms with Crippen LogP contribution in [0.25, 0.3) is 17.0 Å².